The number of rotatable bonds is 4. The van der Waals surface area contributed by atoms with E-state index in [0.29, 0.717) is 6.42 Å². The van der Waals surface area contributed by atoms with Crippen LogP contribution in [0.15, 0.2) is 47.7 Å². The van der Waals surface area contributed by atoms with Crippen LogP contribution in [0.2, 0.25) is 0 Å². The standard InChI is InChI=1S/C16H16O3S/c1-11(17)13-14(18)16(2,20-15(13)19)10-6-9-12-7-4-3-5-8-12/h3-9,18H,10H2,1-2H3/b9-6+. The molecule has 104 valence electrons. The fourth-order valence-electron chi connectivity index (χ4n) is 2.10. The average molecular weight is 288 g/mol. The molecule has 0 spiro atoms. The molecule has 0 amide bonds. The van der Waals surface area contributed by atoms with Crippen LogP contribution in [-0.2, 0) is 9.59 Å². The van der Waals surface area contributed by atoms with Crippen molar-refractivity contribution in [2.75, 3.05) is 0 Å². The van der Waals surface area contributed by atoms with Gasteiger partial charge in [-0.15, -0.1) is 0 Å². The van der Waals surface area contributed by atoms with Crippen molar-refractivity contribution in [1.82, 2.24) is 0 Å². The minimum Gasteiger partial charge on any atom is -0.510 e. The van der Waals surface area contributed by atoms with Gasteiger partial charge in [-0.25, -0.2) is 0 Å². The number of aliphatic hydroxyl groups excluding tert-OH is 1. The smallest absolute Gasteiger partial charge is 0.227 e. The lowest BCUT2D eigenvalue weighted by molar-refractivity contribution is -0.116. The highest BCUT2D eigenvalue weighted by atomic mass is 32.2. The molecule has 0 aliphatic carbocycles. The first-order valence-corrected chi connectivity index (χ1v) is 7.15. The van der Waals surface area contributed by atoms with Gasteiger partial charge in [0.1, 0.15) is 11.3 Å². The molecular formula is C16H16O3S. The second kappa shape index (κ2) is 5.67. The Morgan fingerprint density at radius 3 is 2.55 bits per heavy atom. The van der Waals surface area contributed by atoms with Crippen molar-refractivity contribution in [2.45, 2.75) is 25.0 Å². The van der Waals surface area contributed by atoms with Crippen LogP contribution < -0.4 is 0 Å². The van der Waals surface area contributed by atoms with Gasteiger partial charge in [-0.3, -0.25) is 9.59 Å². The number of Topliss-reactive ketones (excluding diaryl/α,β-unsaturated/α-hetero) is 1. The highest BCUT2D eigenvalue weighted by molar-refractivity contribution is 8.16. The van der Waals surface area contributed by atoms with E-state index in [-0.39, 0.29) is 22.2 Å². The maximum atomic E-state index is 11.8. The van der Waals surface area contributed by atoms with Gasteiger partial charge in [0.25, 0.3) is 0 Å². The normalized spacial score (nSPS) is 22.8. The predicted octanol–water partition coefficient (Wildman–Crippen LogP) is 3.52. The van der Waals surface area contributed by atoms with Crippen LogP contribution in [0.5, 0.6) is 0 Å². The van der Waals surface area contributed by atoms with E-state index in [1.165, 1.54) is 6.92 Å². The molecule has 0 saturated carbocycles. The zero-order chi connectivity index (χ0) is 14.8. The van der Waals surface area contributed by atoms with Crippen molar-refractivity contribution in [1.29, 1.82) is 0 Å². The van der Waals surface area contributed by atoms with E-state index in [2.05, 4.69) is 0 Å². The maximum absolute atomic E-state index is 11.8. The average Bonchev–Trinajstić information content (AvgIpc) is 2.61. The van der Waals surface area contributed by atoms with Crippen molar-refractivity contribution in [3.63, 3.8) is 0 Å². The summed E-state index contributed by atoms with van der Waals surface area (Å²) in [6, 6.07) is 9.78. The SMILES string of the molecule is CC(=O)C1=C(O)C(C)(C/C=C/c2ccccc2)SC1=O. The molecule has 1 aromatic rings. The highest BCUT2D eigenvalue weighted by Gasteiger charge is 2.44. The van der Waals surface area contributed by atoms with Crippen LogP contribution in [0, 0.1) is 0 Å². The molecule has 1 heterocycles. The molecule has 0 saturated heterocycles. The summed E-state index contributed by atoms with van der Waals surface area (Å²) in [5.74, 6) is -0.478. The predicted molar refractivity (Wildman–Crippen MR) is 81.4 cm³/mol. The van der Waals surface area contributed by atoms with Gasteiger partial charge < -0.3 is 5.11 Å². The van der Waals surface area contributed by atoms with Crippen molar-refractivity contribution >= 4 is 28.7 Å². The van der Waals surface area contributed by atoms with Gasteiger partial charge in [-0.2, -0.15) is 0 Å². The molecule has 3 nitrogen and oxygen atoms in total. The minimum atomic E-state index is -0.747. The summed E-state index contributed by atoms with van der Waals surface area (Å²) in [5, 5.41) is 9.79. The van der Waals surface area contributed by atoms with Crippen LogP contribution in [-0.4, -0.2) is 20.8 Å². The zero-order valence-electron chi connectivity index (χ0n) is 11.4. The molecule has 2 rings (SSSR count). The molecule has 0 radical (unpaired) electrons. The molecule has 1 aliphatic heterocycles. The first-order valence-electron chi connectivity index (χ1n) is 6.33. The summed E-state index contributed by atoms with van der Waals surface area (Å²) in [7, 11) is 0. The first-order chi connectivity index (χ1) is 9.44. The first kappa shape index (κ1) is 14.6. The van der Waals surface area contributed by atoms with E-state index in [4.69, 9.17) is 0 Å². The van der Waals surface area contributed by atoms with Gasteiger partial charge in [-0.1, -0.05) is 54.2 Å². The monoisotopic (exact) mass is 288 g/mol. The number of hydrogen-bond donors (Lipinski definition) is 1. The minimum absolute atomic E-state index is 0.0642. The van der Waals surface area contributed by atoms with Gasteiger partial charge in [0.15, 0.2) is 5.78 Å². The van der Waals surface area contributed by atoms with Gasteiger partial charge in [-0.05, 0) is 25.8 Å². The van der Waals surface area contributed by atoms with Gasteiger partial charge in [0.05, 0.1) is 4.75 Å². The molecule has 1 atom stereocenters. The Bertz CT molecular complexity index is 601. The van der Waals surface area contributed by atoms with E-state index in [1.54, 1.807) is 6.92 Å². The summed E-state index contributed by atoms with van der Waals surface area (Å²) in [6.07, 6.45) is 4.34. The number of benzene rings is 1. The molecule has 4 heteroatoms. The van der Waals surface area contributed by atoms with E-state index >= 15 is 0 Å². The Hall–Kier alpha value is -1.81. The Kier molecular flexibility index (Phi) is 4.14. The summed E-state index contributed by atoms with van der Waals surface area (Å²) in [5.41, 5.74) is 0.992. The number of carbonyl (C=O) groups excluding carboxylic acids is 2. The molecule has 1 aliphatic rings. The number of carbonyl (C=O) groups is 2. The summed E-state index contributed by atoms with van der Waals surface area (Å²) >= 11 is 1.01. The Balaban J connectivity index is 2.16. The summed E-state index contributed by atoms with van der Waals surface area (Å²) in [4.78, 5) is 23.2. The molecule has 20 heavy (non-hydrogen) atoms. The topological polar surface area (TPSA) is 54.4 Å². The second-order valence-corrected chi connectivity index (χ2v) is 6.39. The lowest BCUT2D eigenvalue weighted by Gasteiger charge is -2.20. The number of allylic oxidation sites excluding steroid dienone is 1. The fraction of sp³-hybridized carbons (Fsp3) is 0.250. The van der Waals surface area contributed by atoms with Gasteiger partial charge in [0.2, 0.25) is 5.12 Å². The van der Waals surface area contributed by atoms with E-state index in [0.717, 1.165) is 17.3 Å². The number of hydrogen-bond acceptors (Lipinski definition) is 4. The Morgan fingerprint density at radius 2 is 2.00 bits per heavy atom. The van der Waals surface area contributed by atoms with E-state index in [1.807, 2.05) is 42.5 Å². The molecular weight excluding hydrogens is 272 g/mol. The van der Waals surface area contributed by atoms with Crippen molar-refractivity contribution in [3.05, 3.63) is 53.3 Å². The van der Waals surface area contributed by atoms with Crippen LogP contribution >= 0.6 is 11.8 Å². The number of ketones is 1. The zero-order valence-corrected chi connectivity index (χ0v) is 12.2. The summed E-state index contributed by atoms with van der Waals surface area (Å²) < 4.78 is -0.747. The third-order valence-corrected chi connectivity index (χ3v) is 4.43. The lowest BCUT2D eigenvalue weighted by Crippen LogP contribution is -2.19. The van der Waals surface area contributed by atoms with Crippen LogP contribution in [0.25, 0.3) is 6.08 Å². The van der Waals surface area contributed by atoms with Crippen LogP contribution in [0.4, 0.5) is 0 Å². The summed E-state index contributed by atoms with van der Waals surface area (Å²) in [6.45, 7) is 3.08. The molecule has 1 aromatic carbocycles. The van der Waals surface area contributed by atoms with E-state index < -0.39 is 4.75 Å². The largest absolute Gasteiger partial charge is 0.510 e. The Morgan fingerprint density at radius 1 is 1.35 bits per heavy atom. The fourth-order valence-corrected chi connectivity index (χ4v) is 3.23. The highest BCUT2D eigenvalue weighted by Crippen LogP contribution is 2.45. The van der Waals surface area contributed by atoms with Gasteiger partial charge >= 0.3 is 0 Å². The molecule has 1 N–H and O–H groups in total. The third-order valence-electron chi connectivity index (χ3n) is 3.23. The quantitative estimate of drug-likeness (QED) is 0.861. The second-order valence-electron chi connectivity index (χ2n) is 4.92. The molecule has 0 fully saturated rings. The van der Waals surface area contributed by atoms with E-state index in [9.17, 15) is 14.7 Å². The molecule has 0 aromatic heterocycles. The lowest BCUT2D eigenvalue weighted by atomic mass is 9.99. The van der Waals surface area contributed by atoms with Crippen LogP contribution in [0.1, 0.15) is 25.8 Å². The molecule has 0 bridgehead atoms. The van der Waals surface area contributed by atoms with Gasteiger partial charge in [0, 0.05) is 0 Å². The van der Waals surface area contributed by atoms with Crippen LogP contribution in [0.3, 0.4) is 0 Å². The molecule has 1 unspecified atom stereocenters. The third kappa shape index (κ3) is 2.85. The van der Waals surface area contributed by atoms with Crippen molar-refractivity contribution < 1.29 is 14.7 Å². The number of thioether (sulfide) groups is 1. The van der Waals surface area contributed by atoms with Crippen molar-refractivity contribution in [2.24, 2.45) is 0 Å². The maximum Gasteiger partial charge on any atom is 0.227 e. The Labute approximate surface area is 122 Å². The van der Waals surface area contributed by atoms with Crippen molar-refractivity contribution in [3.8, 4) is 0 Å². The number of aliphatic hydroxyl groups is 1.